The fourth-order valence-electron chi connectivity index (χ4n) is 3.61. The molecule has 1 amide bonds. The number of nitrogens with zero attached hydrogens (tertiary/aromatic N) is 4. The van der Waals surface area contributed by atoms with E-state index in [1.807, 2.05) is 4.90 Å². The van der Waals surface area contributed by atoms with Gasteiger partial charge in [0.2, 0.25) is 5.95 Å². The maximum Gasteiger partial charge on any atom is 0.301 e. The summed E-state index contributed by atoms with van der Waals surface area (Å²) in [5.41, 5.74) is 0.0494. The minimum atomic E-state index is -3.61. The van der Waals surface area contributed by atoms with Gasteiger partial charge in [0.1, 0.15) is 5.82 Å². The van der Waals surface area contributed by atoms with E-state index in [9.17, 15) is 22.4 Å². The van der Waals surface area contributed by atoms with Gasteiger partial charge in [-0.15, -0.1) is 0 Å². The van der Waals surface area contributed by atoms with Crippen molar-refractivity contribution in [3.8, 4) is 11.1 Å². The molecule has 9 heteroatoms. The lowest BCUT2D eigenvalue weighted by molar-refractivity contribution is -0.0280. The molecule has 0 atom stereocenters. The first-order chi connectivity index (χ1) is 15.4. The van der Waals surface area contributed by atoms with Crippen molar-refractivity contribution < 1.29 is 22.4 Å². The topological polar surface area (TPSA) is 49.3 Å². The molecule has 4 rings (SSSR count). The highest BCUT2D eigenvalue weighted by molar-refractivity contribution is 5.95. The second kappa shape index (κ2) is 8.94. The third kappa shape index (κ3) is 4.42. The molecule has 0 radical (unpaired) electrons. The molecule has 0 spiro atoms. The van der Waals surface area contributed by atoms with E-state index >= 15 is 0 Å². The lowest BCUT2D eigenvalue weighted by Gasteiger charge is -2.34. The van der Waals surface area contributed by atoms with Crippen LogP contribution in [0.2, 0.25) is 0 Å². The Hall–Kier alpha value is -3.49. The molecule has 1 aromatic heterocycles. The highest BCUT2D eigenvalue weighted by atomic mass is 19.3. The molecule has 0 unspecified atom stereocenters. The van der Waals surface area contributed by atoms with Crippen LogP contribution in [0.3, 0.4) is 0 Å². The fraction of sp³-hybridized carbons (Fsp3) is 0.261. The molecule has 0 saturated carbocycles. The van der Waals surface area contributed by atoms with Crippen molar-refractivity contribution in [1.82, 2.24) is 14.9 Å². The van der Waals surface area contributed by atoms with Gasteiger partial charge in [0, 0.05) is 44.1 Å². The van der Waals surface area contributed by atoms with E-state index in [0.29, 0.717) is 43.3 Å². The van der Waals surface area contributed by atoms with Crippen LogP contribution in [0.25, 0.3) is 11.1 Å². The third-order valence-corrected chi connectivity index (χ3v) is 5.39. The van der Waals surface area contributed by atoms with Crippen LogP contribution in [-0.2, 0) is 5.92 Å². The van der Waals surface area contributed by atoms with Gasteiger partial charge in [-0.3, -0.25) is 4.79 Å². The molecule has 2 heterocycles. The van der Waals surface area contributed by atoms with Gasteiger partial charge in [0.25, 0.3) is 5.91 Å². The van der Waals surface area contributed by atoms with Crippen LogP contribution in [0.1, 0.15) is 15.9 Å². The molecule has 2 aromatic carbocycles. The Morgan fingerprint density at radius 2 is 1.62 bits per heavy atom. The van der Waals surface area contributed by atoms with E-state index in [-0.39, 0.29) is 5.56 Å². The molecule has 0 aliphatic carbocycles. The van der Waals surface area contributed by atoms with Gasteiger partial charge in [0.15, 0.2) is 6.67 Å². The number of anilines is 1. The zero-order chi connectivity index (χ0) is 22.7. The summed E-state index contributed by atoms with van der Waals surface area (Å²) in [4.78, 5) is 24.7. The van der Waals surface area contributed by atoms with Crippen LogP contribution in [0.5, 0.6) is 0 Å². The number of alkyl halides is 3. The van der Waals surface area contributed by atoms with Crippen LogP contribution in [0.4, 0.5) is 23.5 Å². The van der Waals surface area contributed by atoms with Crippen LogP contribution in [0, 0.1) is 5.82 Å². The molecule has 1 aliphatic heterocycles. The second-order valence-electron chi connectivity index (χ2n) is 7.44. The summed E-state index contributed by atoms with van der Waals surface area (Å²) in [5.74, 6) is -4.22. The normalized spacial score (nSPS) is 14.5. The van der Waals surface area contributed by atoms with Gasteiger partial charge >= 0.3 is 5.92 Å². The minimum absolute atomic E-state index is 0.0941. The average molecular weight is 444 g/mol. The number of hydrogen-bond acceptors (Lipinski definition) is 4. The van der Waals surface area contributed by atoms with Crippen LogP contribution in [0.15, 0.2) is 60.9 Å². The molecule has 1 fully saturated rings. The minimum Gasteiger partial charge on any atom is -0.337 e. The Labute approximate surface area is 182 Å². The van der Waals surface area contributed by atoms with Crippen LogP contribution < -0.4 is 4.90 Å². The summed E-state index contributed by atoms with van der Waals surface area (Å²) >= 11 is 0. The Bertz CT molecular complexity index is 1100. The van der Waals surface area contributed by atoms with Crippen LogP contribution in [-0.4, -0.2) is 53.6 Å². The summed E-state index contributed by atoms with van der Waals surface area (Å²) in [5, 5.41) is 0. The molecule has 1 aliphatic rings. The molecule has 0 bridgehead atoms. The van der Waals surface area contributed by atoms with Crippen molar-refractivity contribution in [3.63, 3.8) is 0 Å². The largest absolute Gasteiger partial charge is 0.337 e. The predicted octanol–water partition coefficient (Wildman–Crippen LogP) is 4.31. The highest BCUT2D eigenvalue weighted by Crippen LogP contribution is 2.32. The van der Waals surface area contributed by atoms with E-state index in [2.05, 4.69) is 9.97 Å². The summed E-state index contributed by atoms with van der Waals surface area (Å²) in [7, 11) is 0. The predicted molar refractivity (Wildman–Crippen MR) is 112 cm³/mol. The van der Waals surface area contributed by atoms with Crippen molar-refractivity contribution in [2.24, 2.45) is 0 Å². The van der Waals surface area contributed by atoms with Gasteiger partial charge in [-0.25, -0.2) is 18.7 Å². The SMILES string of the molecule is O=C(c1ccc(-c2cccc(C(F)(F)CF)c2)cc1F)N1CCN(c2ncccn2)CC1. The maximum absolute atomic E-state index is 14.8. The van der Waals surface area contributed by atoms with Crippen molar-refractivity contribution in [2.75, 3.05) is 37.8 Å². The van der Waals surface area contributed by atoms with Gasteiger partial charge < -0.3 is 9.80 Å². The lowest BCUT2D eigenvalue weighted by Crippen LogP contribution is -2.49. The van der Waals surface area contributed by atoms with E-state index in [4.69, 9.17) is 0 Å². The molecule has 5 nitrogen and oxygen atoms in total. The standard InChI is InChI=1S/C23H20F4N4O/c24-15-23(26,27)18-4-1-3-16(13-18)17-5-6-19(20(25)14-17)21(32)30-9-11-31(12-10-30)22-28-7-2-8-29-22/h1-8,13-14H,9-12,15H2. The number of rotatable bonds is 5. The molecule has 1 saturated heterocycles. The smallest absolute Gasteiger partial charge is 0.301 e. The Morgan fingerprint density at radius 3 is 2.28 bits per heavy atom. The van der Waals surface area contributed by atoms with Crippen molar-refractivity contribution in [2.45, 2.75) is 5.92 Å². The number of benzene rings is 2. The first-order valence-corrected chi connectivity index (χ1v) is 10.0. The number of piperazine rings is 1. The Morgan fingerprint density at radius 1 is 0.938 bits per heavy atom. The zero-order valence-corrected chi connectivity index (χ0v) is 17.0. The number of halogens is 4. The number of carbonyl (C=O) groups is 1. The van der Waals surface area contributed by atoms with E-state index in [1.165, 1.54) is 24.3 Å². The maximum atomic E-state index is 14.8. The molecule has 3 aromatic rings. The third-order valence-electron chi connectivity index (χ3n) is 5.39. The van der Waals surface area contributed by atoms with E-state index < -0.39 is 29.9 Å². The number of carbonyl (C=O) groups excluding carboxylic acids is 1. The summed E-state index contributed by atoms with van der Waals surface area (Å²) in [6, 6.07) is 10.8. The fourth-order valence-corrected chi connectivity index (χ4v) is 3.61. The number of amides is 1. The lowest BCUT2D eigenvalue weighted by atomic mass is 9.99. The summed E-state index contributed by atoms with van der Waals surface area (Å²) in [6.45, 7) is -0.00471. The highest BCUT2D eigenvalue weighted by Gasteiger charge is 2.32. The molecular weight excluding hydrogens is 424 g/mol. The van der Waals surface area contributed by atoms with E-state index in [0.717, 1.165) is 18.2 Å². The quantitative estimate of drug-likeness (QED) is 0.551. The Balaban J connectivity index is 1.48. The molecular formula is C23H20F4N4O. The van der Waals surface area contributed by atoms with Crippen molar-refractivity contribution >= 4 is 11.9 Å². The first kappa shape index (κ1) is 21.7. The molecule has 32 heavy (non-hydrogen) atoms. The molecule has 166 valence electrons. The average Bonchev–Trinajstić information content (AvgIpc) is 2.84. The van der Waals surface area contributed by atoms with Crippen LogP contribution >= 0.6 is 0 Å². The Kier molecular flexibility index (Phi) is 6.07. The van der Waals surface area contributed by atoms with Gasteiger partial charge in [-0.2, -0.15) is 8.78 Å². The summed E-state index contributed by atoms with van der Waals surface area (Å²) < 4.78 is 54.8. The number of aromatic nitrogens is 2. The monoisotopic (exact) mass is 444 g/mol. The second-order valence-corrected chi connectivity index (χ2v) is 7.44. The zero-order valence-electron chi connectivity index (χ0n) is 17.0. The van der Waals surface area contributed by atoms with E-state index in [1.54, 1.807) is 23.4 Å². The van der Waals surface area contributed by atoms with Gasteiger partial charge in [-0.1, -0.05) is 24.3 Å². The van der Waals surface area contributed by atoms with Gasteiger partial charge in [0.05, 0.1) is 5.56 Å². The van der Waals surface area contributed by atoms with Crippen molar-refractivity contribution in [1.29, 1.82) is 0 Å². The molecule has 0 N–H and O–H groups in total. The number of hydrogen-bond donors (Lipinski definition) is 0. The van der Waals surface area contributed by atoms with Gasteiger partial charge in [-0.05, 0) is 35.4 Å². The van der Waals surface area contributed by atoms with Crippen molar-refractivity contribution in [3.05, 3.63) is 77.9 Å². The summed E-state index contributed by atoms with van der Waals surface area (Å²) in [6.07, 6.45) is 3.29. The first-order valence-electron chi connectivity index (χ1n) is 10.0.